The molecule has 0 aliphatic heterocycles. The first-order valence-corrected chi connectivity index (χ1v) is 12.3. The summed E-state index contributed by atoms with van der Waals surface area (Å²) in [4.78, 5) is 25.0. The Morgan fingerprint density at radius 1 is 0.690 bits per heavy atom. The lowest BCUT2D eigenvalue weighted by Crippen LogP contribution is -2.15. The maximum absolute atomic E-state index is 12.5. The van der Waals surface area contributed by atoms with Gasteiger partial charge in [0.2, 0.25) is 0 Å². The average molecular weight is 516 g/mol. The molecule has 0 saturated carbocycles. The van der Waals surface area contributed by atoms with Gasteiger partial charge in [0, 0.05) is 3.57 Å². The lowest BCUT2D eigenvalue weighted by atomic mass is 10.1. The zero-order valence-electron chi connectivity index (χ0n) is 18.1. The van der Waals surface area contributed by atoms with Crippen LogP contribution in [0.5, 0.6) is 0 Å². The molecule has 0 bridgehead atoms. The van der Waals surface area contributed by atoms with Gasteiger partial charge in [-0.1, -0.05) is 78.1 Å². The fourth-order valence-corrected chi connectivity index (χ4v) is 3.60. The maximum Gasteiger partial charge on any atom is 0.339 e. The largest absolute Gasteiger partial charge is 0.462 e. The number of halogens is 1. The van der Waals surface area contributed by atoms with Crippen molar-refractivity contribution in [1.82, 2.24) is 0 Å². The summed E-state index contributed by atoms with van der Waals surface area (Å²) >= 11 is 2.13. The first kappa shape index (κ1) is 25.9. The van der Waals surface area contributed by atoms with Crippen LogP contribution in [0.1, 0.15) is 112 Å². The number of ether oxygens (including phenoxy) is 2. The van der Waals surface area contributed by atoms with Crippen LogP contribution < -0.4 is 0 Å². The summed E-state index contributed by atoms with van der Waals surface area (Å²) in [6.45, 7) is 5.17. The van der Waals surface area contributed by atoms with Gasteiger partial charge in [0.25, 0.3) is 0 Å². The highest BCUT2D eigenvalue weighted by Gasteiger charge is 2.20. The van der Waals surface area contributed by atoms with Crippen LogP contribution in [0, 0.1) is 3.57 Å². The maximum atomic E-state index is 12.5. The Bertz CT molecular complexity index is 601. The second kappa shape index (κ2) is 16.7. The van der Waals surface area contributed by atoms with E-state index in [1.165, 1.54) is 51.4 Å². The molecule has 0 aliphatic carbocycles. The Balaban J connectivity index is 2.45. The third-order valence-electron chi connectivity index (χ3n) is 4.88. The lowest BCUT2D eigenvalue weighted by Gasteiger charge is -2.11. The highest BCUT2D eigenvalue weighted by Crippen LogP contribution is 2.17. The fraction of sp³-hybridized carbons (Fsp3) is 0.667. The molecule has 0 fully saturated rings. The van der Waals surface area contributed by atoms with Crippen molar-refractivity contribution < 1.29 is 19.1 Å². The van der Waals surface area contributed by atoms with Gasteiger partial charge in [-0.25, -0.2) is 9.59 Å². The molecule has 0 aliphatic rings. The van der Waals surface area contributed by atoms with Crippen LogP contribution in [0.4, 0.5) is 0 Å². The molecule has 0 spiro atoms. The van der Waals surface area contributed by atoms with Gasteiger partial charge < -0.3 is 9.47 Å². The normalized spacial score (nSPS) is 10.7. The van der Waals surface area contributed by atoms with Crippen molar-refractivity contribution in [3.8, 4) is 0 Å². The van der Waals surface area contributed by atoms with Crippen LogP contribution in [0.3, 0.4) is 0 Å². The first-order chi connectivity index (χ1) is 14.1. The summed E-state index contributed by atoms with van der Waals surface area (Å²) in [6.07, 6.45) is 13.6. The van der Waals surface area contributed by atoms with Crippen molar-refractivity contribution in [1.29, 1.82) is 0 Å². The van der Waals surface area contributed by atoms with Gasteiger partial charge >= 0.3 is 11.9 Å². The number of benzene rings is 1. The van der Waals surface area contributed by atoms with E-state index in [-0.39, 0.29) is 0 Å². The van der Waals surface area contributed by atoms with Gasteiger partial charge in [-0.2, -0.15) is 0 Å². The summed E-state index contributed by atoms with van der Waals surface area (Å²) < 4.78 is 11.7. The molecular weight excluding hydrogens is 479 g/mol. The number of rotatable bonds is 16. The molecule has 0 unspecified atom stereocenters. The predicted molar refractivity (Wildman–Crippen MR) is 126 cm³/mol. The van der Waals surface area contributed by atoms with Crippen LogP contribution in [-0.2, 0) is 9.47 Å². The number of hydrogen-bond acceptors (Lipinski definition) is 4. The van der Waals surface area contributed by atoms with Crippen molar-refractivity contribution in [2.24, 2.45) is 0 Å². The first-order valence-electron chi connectivity index (χ1n) is 11.2. The van der Waals surface area contributed by atoms with Crippen LogP contribution >= 0.6 is 22.6 Å². The monoisotopic (exact) mass is 516 g/mol. The summed E-state index contributed by atoms with van der Waals surface area (Å²) in [5, 5.41) is 0. The van der Waals surface area contributed by atoms with Crippen molar-refractivity contribution in [3.05, 3.63) is 32.9 Å². The van der Waals surface area contributed by atoms with Gasteiger partial charge in [-0.05, 0) is 53.6 Å². The molecular formula is C24H37IO4. The van der Waals surface area contributed by atoms with Gasteiger partial charge in [0.1, 0.15) is 0 Å². The Morgan fingerprint density at radius 3 is 1.66 bits per heavy atom. The smallest absolute Gasteiger partial charge is 0.339 e. The highest BCUT2D eigenvalue weighted by atomic mass is 127. The molecule has 29 heavy (non-hydrogen) atoms. The van der Waals surface area contributed by atoms with Gasteiger partial charge in [-0.15, -0.1) is 0 Å². The molecule has 1 aromatic rings. The quantitative estimate of drug-likeness (QED) is 0.131. The number of esters is 2. The van der Waals surface area contributed by atoms with Gasteiger partial charge in [-0.3, -0.25) is 0 Å². The van der Waals surface area contributed by atoms with E-state index in [1.807, 2.05) is 6.07 Å². The van der Waals surface area contributed by atoms with Crippen molar-refractivity contribution >= 4 is 34.5 Å². The van der Waals surface area contributed by atoms with E-state index in [0.29, 0.717) is 24.3 Å². The van der Waals surface area contributed by atoms with E-state index < -0.39 is 11.9 Å². The lowest BCUT2D eigenvalue weighted by molar-refractivity contribution is 0.0450. The van der Waals surface area contributed by atoms with Gasteiger partial charge in [0.15, 0.2) is 0 Å². The standard InChI is InChI=1S/C24H37IO4/c1-3-5-7-9-11-13-17-28-23(26)21-16-15-20(25)19-22(21)24(27)29-18-14-12-10-8-6-4-2/h15-16,19H,3-14,17-18H2,1-2H3. The van der Waals surface area contributed by atoms with E-state index in [4.69, 9.17) is 9.47 Å². The van der Waals surface area contributed by atoms with Crippen molar-refractivity contribution in [2.45, 2.75) is 90.9 Å². The SMILES string of the molecule is CCCCCCCCOC(=O)c1ccc(I)cc1C(=O)OCCCCCCCC. The van der Waals surface area contributed by atoms with E-state index >= 15 is 0 Å². The third kappa shape index (κ3) is 11.6. The molecule has 0 radical (unpaired) electrons. The Morgan fingerprint density at radius 2 is 1.14 bits per heavy atom. The molecule has 0 aromatic heterocycles. The molecule has 4 nitrogen and oxygen atoms in total. The van der Waals surface area contributed by atoms with E-state index in [0.717, 1.165) is 29.3 Å². The van der Waals surface area contributed by atoms with E-state index in [9.17, 15) is 9.59 Å². The predicted octanol–water partition coefficient (Wildman–Crippen LogP) is 7.33. The topological polar surface area (TPSA) is 52.6 Å². The summed E-state index contributed by atoms with van der Waals surface area (Å²) in [5.41, 5.74) is 0.597. The minimum Gasteiger partial charge on any atom is -0.462 e. The fourth-order valence-electron chi connectivity index (χ4n) is 3.11. The van der Waals surface area contributed by atoms with Crippen LogP contribution in [0.15, 0.2) is 18.2 Å². The van der Waals surface area contributed by atoms with Crippen LogP contribution in [0.2, 0.25) is 0 Å². The number of unbranched alkanes of at least 4 members (excludes halogenated alkanes) is 10. The van der Waals surface area contributed by atoms with Crippen molar-refractivity contribution in [2.75, 3.05) is 13.2 Å². The second-order valence-electron chi connectivity index (χ2n) is 7.50. The average Bonchev–Trinajstić information content (AvgIpc) is 2.72. The Labute approximate surface area is 190 Å². The minimum atomic E-state index is -0.443. The van der Waals surface area contributed by atoms with Crippen LogP contribution in [0.25, 0.3) is 0 Å². The number of carbonyl (C=O) groups is 2. The molecule has 1 aromatic carbocycles. The molecule has 0 atom stereocenters. The zero-order valence-corrected chi connectivity index (χ0v) is 20.3. The Kier molecular flexibility index (Phi) is 14.9. The highest BCUT2D eigenvalue weighted by molar-refractivity contribution is 14.1. The zero-order chi connectivity index (χ0) is 21.3. The number of hydrogen-bond donors (Lipinski definition) is 0. The molecule has 5 heteroatoms. The van der Waals surface area contributed by atoms with E-state index in [1.54, 1.807) is 12.1 Å². The molecule has 1 rings (SSSR count). The molecule has 0 saturated heterocycles. The molecule has 164 valence electrons. The molecule has 0 amide bonds. The summed E-state index contributed by atoms with van der Waals surface area (Å²) in [7, 11) is 0. The molecule has 0 N–H and O–H groups in total. The third-order valence-corrected chi connectivity index (χ3v) is 5.55. The van der Waals surface area contributed by atoms with Crippen LogP contribution in [-0.4, -0.2) is 25.2 Å². The molecule has 0 heterocycles. The summed E-state index contributed by atoms with van der Waals surface area (Å²) in [5.74, 6) is -0.884. The second-order valence-corrected chi connectivity index (χ2v) is 8.74. The minimum absolute atomic E-state index is 0.296. The Hall–Kier alpha value is -1.11. The van der Waals surface area contributed by atoms with Crippen molar-refractivity contribution in [3.63, 3.8) is 0 Å². The van der Waals surface area contributed by atoms with Gasteiger partial charge in [0.05, 0.1) is 24.3 Å². The summed E-state index contributed by atoms with van der Waals surface area (Å²) in [6, 6.07) is 5.17. The van der Waals surface area contributed by atoms with E-state index in [2.05, 4.69) is 36.4 Å². The number of carbonyl (C=O) groups excluding carboxylic acids is 2.